The zero-order valence-corrected chi connectivity index (χ0v) is 12.0. The highest BCUT2D eigenvalue weighted by molar-refractivity contribution is 7.71. The van der Waals surface area contributed by atoms with Crippen LogP contribution in [0.1, 0.15) is 68.4 Å². The molecule has 2 aliphatic carbocycles. The molecule has 0 amide bonds. The molecule has 98 valence electrons. The van der Waals surface area contributed by atoms with Crippen LogP contribution in [0.15, 0.2) is 0 Å². The summed E-state index contributed by atoms with van der Waals surface area (Å²) in [7, 11) is 0. The smallest absolute Gasteiger partial charge is 0.133 e. The van der Waals surface area contributed by atoms with Crippen molar-refractivity contribution in [2.45, 2.75) is 64.2 Å². The Labute approximate surface area is 114 Å². The Hall–Kier alpha value is -0.700. The number of fused-ring (bicyclic) bond motifs is 1. The Morgan fingerprint density at radius 3 is 2.83 bits per heavy atom. The molecular weight excluding hydrogens is 240 g/mol. The maximum absolute atomic E-state index is 5.49. The van der Waals surface area contributed by atoms with Gasteiger partial charge in [0, 0.05) is 17.2 Å². The van der Waals surface area contributed by atoms with Crippen molar-refractivity contribution in [1.82, 2.24) is 9.97 Å². The topological polar surface area (TPSA) is 28.7 Å². The fourth-order valence-electron chi connectivity index (χ4n) is 3.51. The summed E-state index contributed by atoms with van der Waals surface area (Å²) in [5.74, 6) is 2.62. The summed E-state index contributed by atoms with van der Waals surface area (Å²) in [5, 5.41) is 0. The fraction of sp³-hybridized carbons (Fsp3) is 0.733. The summed E-state index contributed by atoms with van der Waals surface area (Å²) in [5.41, 5.74) is 2.71. The van der Waals surface area contributed by atoms with E-state index in [0.29, 0.717) is 5.92 Å². The molecule has 1 aromatic rings. The Bertz CT molecular complexity index is 492. The Balaban J connectivity index is 1.93. The van der Waals surface area contributed by atoms with Crippen LogP contribution in [-0.2, 0) is 12.8 Å². The van der Waals surface area contributed by atoms with Crippen molar-refractivity contribution >= 4 is 12.2 Å². The molecule has 2 nitrogen and oxygen atoms in total. The first-order chi connectivity index (χ1) is 8.74. The lowest BCUT2D eigenvalue weighted by Crippen LogP contribution is -2.17. The molecule has 1 fully saturated rings. The van der Waals surface area contributed by atoms with E-state index in [4.69, 9.17) is 17.2 Å². The van der Waals surface area contributed by atoms with Crippen molar-refractivity contribution < 1.29 is 0 Å². The van der Waals surface area contributed by atoms with Crippen molar-refractivity contribution in [2.24, 2.45) is 5.92 Å². The molecule has 0 aromatic carbocycles. The third kappa shape index (κ3) is 2.37. The second-order valence-electron chi connectivity index (χ2n) is 6.06. The Morgan fingerprint density at radius 1 is 1.17 bits per heavy atom. The van der Waals surface area contributed by atoms with Gasteiger partial charge in [-0.25, -0.2) is 4.98 Å². The molecular formula is C15H22N2S. The van der Waals surface area contributed by atoms with Crippen LogP contribution >= 0.6 is 12.2 Å². The molecule has 1 heterocycles. The number of hydrogen-bond donors (Lipinski definition) is 1. The van der Waals surface area contributed by atoms with Crippen LogP contribution < -0.4 is 0 Å². The van der Waals surface area contributed by atoms with Gasteiger partial charge in [0.1, 0.15) is 10.5 Å². The first-order valence-corrected chi connectivity index (χ1v) is 7.77. The summed E-state index contributed by atoms with van der Waals surface area (Å²) in [6.07, 6.45) is 10.1. The van der Waals surface area contributed by atoms with E-state index in [1.54, 1.807) is 0 Å². The Kier molecular flexibility index (Phi) is 3.51. The average molecular weight is 262 g/mol. The molecule has 0 radical (unpaired) electrons. The van der Waals surface area contributed by atoms with Gasteiger partial charge in [0.2, 0.25) is 0 Å². The van der Waals surface area contributed by atoms with Crippen LogP contribution in [0.25, 0.3) is 0 Å². The van der Waals surface area contributed by atoms with E-state index in [2.05, 4.69) is 11.9 Å². The fourth-order valence-corrected chi connectivity index (χ4v) is 3.84. The maximum Gasteiger partial charge on any atom is 0.133 e. The van der Waals surface area contributed by atoms with Gasteiger partial charge in [-0.05, 0) is 44.4 Å². The minimum absolute atomic E-state index is 0.614. The van der Waals surface area contributed by atoms with Crippen LogP contribution in [0.5, 0.6) is 0 Å². The lowest BCUT2D eigenvalue weighted by molar-refractivity contribution is 0.334. The maximum atomic E-state index is 5.49. The molecule has 1 aromatic heterocycles. The standard InChI is InChI=1S/C15H22N2S/c1-10-5-4-6-11(9-10)14-16-13-8-3-2-7-12(13)15(18)17-14/h10-11H,2-9H2,1H3,(H,16,17,18). The highest BCUT2D eigenvalue weighted by Gasteiger charge is 2.23. The van der Waals surface area contributed by atoms with Crippen molar-refractivity contribution in [3.05, 3.63) is 21.7 Å². The molecule has 18 heavy (non-hydrogen) atoms. The van der Waals surface area contributed by atoms with Gasteiger partial charge in [-0.3, -0.25) is 0 Å². The van der Waals surface area contributed by atoms with Crippen LogP contribution in [0.4, 0.5) is 0 Å². The normalized spacial score (nSPS) is 27.8. The summed E-state index contributed by atoms with van der Waals surface area (Å²) in [6, 6.07) is 0. The monoisotopic (exact) mass is 262 g/mol. The molecule has 2 unspecified atom stereocenters. The van der Waals surface area contributed by atoms with Gasteiger partial charge in [-0.2, -0.15) is 0 Å². The number of aromatic amines is 1. The van der Waals surface area contributed by atoms with Crippen molar-refractivity contribution in [1.29, 1.82) is 0 Å². The molecule has 1 saturated carbocycles. The lowest BCUT2D eigenvalue weighted by atomic mass is 9.82. The lowest BCUT2D eigenvalue weighted by Gasteiger charge is -2.27. The van der Waals surface area contributed by atoms with Crippen molar-refractivity contribution in [3.63, 3.8) is 0 Å². The quantitative estimate of drug-likeness (QED) is 0.764. The minimum Gasteiger partial charge on any atom is -0.347 e. The zero-order chi connectivity index (χ0) is 12.5. The number of hydrogen-bond acceptors (Lipinski definition) is 2. The Morgan fingerprint density at radius 2 is 2.00 bits per heavy atom. The molecule has 2 aliphatic rings. The van der Waals surface area contributed by atoms with Gasteiger partial charge in [0.25, 0.3) is 0 Å². The molecule has 3 rings (SSSR count). The second-order valence-corrected chi connectivity index (χ2v) is 6.45. The highest BCUT2D eigenvalue weighted by Crippen LogP contribution is 2.35. The van der Waals surface area contributed by atoms with E-state index in [0.717, 1.165) is 23.4 Å². The third-order valence-electron chi connectivity index (χ3n) is 4.55. The molecule has 0 aliphatic heterocycles. The number of aromatic nitrogens is 2. The number of nitrogens with zero attached hydrogens (tertiary/aromatic N) is 1. The SMILES string of the molecule is CC1CCCC(c2nc(=S)c3c([nH]2)CCCC3)C1. The predicted octanol–water partition coefficient (Wildman–Crippen LogP) is 4.31. The average Bonchev–Trinajstić information content (AvgIpc) is 2.39. The van der Waals surface area contributed by atoms with E-state index >= 15 is 0 Å². The van der Waals surface area contributed by atoms with E-state index in [-0.39, 0.29) is 0 Å². The van der Waals surface area contributed by atoms with Crippen LogP contribution in [0.3, 0.4) is 0 Å². The molecule has 1 N–H and O–H groups in total. The summed E-state index contributed by atoms with van der Waals surface area (Å²) in [6.45, 7) is 2.36. The van der Waals surface area contributed by atoms with Gasteiger partial charge >= 0.3 is 0 Å². The minimum atomic E-state index is 0.614. The number of rotatable bonds is 1. The van der Waals surface area contributed by atoms with Crippen molar-refractivity contribution in [3.8, 4) is 0 Å². The number of H-pyrrole nitrogens is 1. The molecule has 0 spiro atoms. The first kappa shape index (κ1) is 12.3. The van der Waals surface area contributed by atoms with Gasteiger partial charge in [-0.1, -0.05) is 32.0 Å². The van der Waals surface area contributed by atoms with Gasteiger partial charge in [-0.15, -0.1) is 0 Å². The van der Waals surface area contributed by atoms with E-state index < -0.39 is 0 Å². The summed E-state index contributed by atoms with van der Waals surface area (Å²) >= 11 is 5.49. The van der Waals surface area contributed by atoms with Crippen LogP contribution in [0.2, 0.25) is 0 Å². The molecule has 0 saturated heterocycles. The number of aryl methyl sites for hydroxylation is 1. The zero-order valence-electron chi connectivity index (χ0n) is 11.2. The van der Waals surface area contributed by atoms with Crippen LogP contribution in [-0.4, -0.2) is 9.97 Å². The molecule has 2 atom stereocenters. The highest BCUT2D eigenvalue weighted by atomic mass is 32.1. The second kappa shape index (κ2) is 5.12. The summed E-state index contributed by atoms with van der Waals surface area (Å²) in [4.78, 5) is 8.32. The van der Waals surface area contributed by atoms with Gasteiger partial charge in [0.15, 0.2) is 0 Å². The molecule has 3 heteroatoms. The third-order valence-corrected chi connectivity index (χ3v) is 4.89. The van der Waals surface area contributed by atoms with E-state index in [9.17, 15) is 0 Å². The molecule has 0 bridgehead atoms. The van der Waals surface area contributed by atoms with E-state index in [1.807, 2.05) is 0 Å². The van der Waals surface area contributed by atoms with Crippen LogP contribution in [0, 0.1) is 10.6 Å². The van der Waals surface area contributed by atoms with Gasteiger partial charge in [0.05, 0.1) is 0 Å². The largest absolute Gasteiger partial charge is 0.347 e. The predicted molar refractivity (Wildman–Crippen MR) is 76.4 cm³/mol. The number of nitrogens with one attached hydrogen (secondary N) is 1. The summed E-state index contributed by atoms with van der Waals surface area (Å²) < 4.78 is 0.872. The van der Waals surface area contributed by atoms with Crippen molar-refractivity contribution in [2.75, 3.05) is 0 Å². The van der Waals surface area contributed by atoms with E-state index in [1.165, 1.54) is 55.6 Å². The first-order valence-electron chi connectivity index (χ1n) is 7.36. The van der Waals surface area contributed by atoms with Gasteiger partial charge < -0.3 is 4.98 Å².